The van der Waals surface area contributed by atoms with E-state index in [1.165, 1.54) is 4.68 Å². The molecule has 1 saturated carbocycles. The predicted octanol–water partition coefficient (Wildman–Crippen LogP) is 4.71. The van der Waals surface area contributed by atoms with Crippen LogP contribution in [0.2, 0.25) is 5.02 Å². The molecule has 0 bridgehead atoms. The van der Waals surface area contributed by atoms with Gasteiger partial charge in [-0.15, -0.1) is 0 Å². The van der Waals surface area contributed by atoms with Crippen molar-refractivity contribution >= 4 is 23.2 Å². The summed E-state index contributed by atoms with van der Waals surface area (Å²) in [4.78, 5) is 12.3. The van der Waals surface area contributed by atoms with E-state index in [1.54, 1.807) is 23.1 Å². The largest absolute Gasteiger partial charge is 0.435 e. The molecule has 10 heteroatoms. The summed E-state index contributed by atoms with van der Waals surface area (Å²) in [7, 11) is 0. The van der Waals surface area contributed by atoms with Crippen LogP contribution in [0.3, 0.4) is 0 Å². The number of carbonyl (C=O) groups excluding carboxylic acids is 1. The van der Waals surface area contributed by atoms with Gasteiger partial charge in [0.25, 0.3) is 0 Å². The van der Waals surface area contributed by atoms with Crippen LogP contribution in [0.1, 0.15) is 42.1 Å². The van der Waals surface area contributed by atoms with Gasteiger partial charge in [0.05, 0.1) is 17.8 Å². The minimum absolute atomic E-state index is 0.0255. The van der Waals surface area contributed by atoms with Gasteiger partial charge in [0.15, 0.2) is 5.69 Å². The van der Waals surface area contributed by atoms with E-state index in [0.29, 0.717) is 22.9 Å². The second kappa shape index (κ2) is 8.14. The van der Waals surface area contributed by atoms with E-state index in [-0.39, 0.29) is 24.8 Å². The molecule has 3 aromatic rings. The van der Waals surface area contributed by atoms with Crippen LogP contribution in [0, 0.1) is 0 Å². The zero-order chi connectivity index (χ0) is 21.3. The molecule has 2 aromatic heterocycles. The first-order valence-corrected chi connectivity index (χ1v) is 9.87. The first kappa shape index (κ1) is 20.5. The van der Waals surface area contributed by atoms with Crippen LogP contribution >= 0.6 is 11.6 Å². The molecule has 30 heavy (non-hydrogen) atoms. The summed E-state index contributed by atoms with van der Waals surface area (Å²) in [5.41, 5.74) is 1.17. The number of benzene rings is 1. The summed E-state index contributed by atoms with van der Waals surface area (Å²) in [6.45, 7) is 0.591. The number of amides is 1. The Morgan fingerprint density at radius 2 is 2.07 bits per heavy atom. The van der Waals surface area contributed by atoms with Crippen LogP contribution < -0.4 is 5.32 Å². The fourth-order valence-corrected chi connectivity index (χ4v) is 3.40. The maximum Gasteiger partial charge on any atom is 0.435 e. The number of hydrogen-bond donors (Lipinski definition) is 1. The number of hydrogen-bond acceptors (Lipinski definition) is 3. The molecule has 4 rings (SSSR count). The maximum atomic E-state index is 13.0. The number of halogens is 4. The Morgan fingerprint density at radius 3 is 2.73 bits per heavy atom. The first-order chi connectivity index (χ1) is 14.3. The second-order valence-corrected chi connectivity index (χ2v) is 7.74. The average Bonchev–Trinajstić information content (AvgIpc) is 3.29. The van der Waals surface area contributed by atoms with E-state index in [1.807, 2.05) is 18.2 Å². The topological polar surface area (TPSA) is 64.7 Å². The van der Waals surface area contributed by atoms with Gasteiger partial charge < -0.3 is 5.32 Å². The average molecular weight is 438 g/mol. The summed E-state index contributed by atoms with van der Waals surface area (Å²) < 4.78 is 41.9. The molecule has 0 atom stereocenters. The van der Waals surface area contributed by atoms with Crippen LogP contribution in [-0.4, -0.2) is 25.5 Å². The highest BCUT2D eigenvalue weighted by Crippen LogP contribution is 2.42. The number of alkyl halides is 3. The molecular formula is C20H19ClF3N5O. The molecule has 0 aliphatic heterocycles. The molecule has 1 aliphatic carbocycles. The molecule has 1 amide bonds. The fourth-order valence-electron chi connectivity index (χ4n) is 3.25. The Bertz CT molecular complexity index is 1050. The Kier molecular flexibility index (Phi) is 5.55. The Labute approximate surface area is 175 Å². The van der Waals surface area contributed by atoms with E-state index in [4.69, 9.17) is 11.6 Å². The van der Waals surface area contributed by atoms with Crippen molar-refractivity contribution in [3.8, 4) is 0 Å². The van der Waals surface area contributed by atoms with Crippen LogP contribution in [0.25, 0.3) is 0 Å². The van der Waals surface area contributed by atoms with E-state index in [0.717, 1.165) is 24.5 Å². The molecule has 0 radical (unpaired) electrons. The van der Waals surface area contributed by atoms with Crippen molar-refractivity contribution in [2.75, 3.05) is 5.32 Å². The van der Waals surface area contributed by atoms with E-state index >= 15 is 0 Å². The zero-order valence-corrected chi connectivity index (χ0v) is 16.6. The maximum absolute atomic E-state index is 13.0. The summed E-state index contributed by atoms with van der Waals surface area (Å²) in [5.74, 6) is -0.191. The number of aryl methyl sites for hydroxylation is 1. The van der Waals surface area contributed by atoms with Crippen LogP contribution in [0.5, 0.6) is 0 Å². The summed E-state index contributed by atoms with van der Waals surface area (Å²) in [5, 5.41) is 11.1. The Hall–Kier alpha value is -2.81. The lowest BCUT2D eigenvalue weighted by atomic mass is 10.2. The summed E-state index contributed by atoms with van der Waals surface area (Å²) in [6.07, 6.45) is 0.479. The Balaban J connectivity index is 1.37. The highest BCUT2D eigenvalue weighted by molar-refractivity contribution is 6.30. The van der Waals surface area contributed by atoms with E-state index in [2.05, 4.69) is 15.5 Å². The smallest absolute Gasteiger partial charge is 0.326 e. The molecule has 1 fully saturated rings. The normalized spacial score (nSPS) is 14.1. The molecule has 1 aromatic carbocycles. The van der Waals surface area contributed by atoms with Gasteiger partial charge >= 0.3 is 6.18 Å². The van der Waals surface area contributed by atoms with E-state index in [9.17, 15) is 18.0 Å². The first-order valence-electron chi connectivity index (χ1n) is 9.49. The predicted molar refractivity (Wildman–Crippen MR) is 105 cm³/mol. The summed E-state index contributed by atoms with van der Waals surface area (Å²) >= 11 is 5.86. The third-order valence-corrected chi connectivity index (χ3v) is 5.00. The monoisotopic (exact) mass is 437 g/mol. The van der Waals surface area contributed by atoms with Crippen molar-refractivity contribution in [3.05, 3.63) is 64.7 Å². The lowest BCUT2D eigenvalue weighted by molar-refractivity contribution is -0.141. The van der Waals surface area contributed by atoms with Gasteiger partial charge in [0, 0.05) is 36.5 Å². The SMILES string of the molecule is O=C(CCn1nc(C(F)(F)F)cc1C1CC1)Nc1cccc(Cn2cc(Cl)cn2)c1. The molecule has 0 unspecified atom stereocenters. The molecule has 158 valence electrons. The van der Waals surface area contributed by atoms with Gasteiger partial charge in [-0.2, -0.15) is 23.4 Å². The lowest BCUT2D eigenvalue weighted by Crippen LogP contribution is -2.16. The van der Waals surface area contributed by atoms with Gasteiger partial charge in [0.2, 0.25) is 5.91 Å². The number of carbonyl (C=O) groups is 1. The molecule has 2 heterocycles. The van der Waals surface area contributed by atoms with Crippen molar-refractivity contribution in [2.24, 2.45) is 0 Å². The number of nitrogens with one attached hydrogen (secondary N) is 1. The van der Waals surface area contributed by atoms with Gasteiger partial charge in [-0.05, 0) is 36.6 Å². The Morgan fingerprint density at radius 1 is 1.27 bits per heavy atom. The van der Waals surface area contributed by atoms with Gasteiger partial charge in [-0.3, -0.25) is 14.2 Å². The van der Waals surface area contributed by atoms with Crippen molar-refractivity contribution in [2.45, 2.75) is 44.4 Å². The number of anilines is 1. The summed E-state index contributed by atoms with van der Waals surface area (Å²) in [6, 6.07) is 8.38. The third kappa shape index (κ3) is 5.02. The van der Waals surface area contributed by atoms with E-state index < -0.39 is 11.9 Å². The van der Waals surface area contributed by atoms with Crippen molar-refractivity contribution < 1.29 is 18.0 Å². The van der Waals surface area contributed by atoms with Crippen LogP contribution in [0.15, 0.2) is 42.7 Å². The van der Waals surface area contributed by atoms with Gasteiger partial charge in [-0.25, -0.2) is 0 Å². The molecule has 6 nitrogen and oxygen atoms in total. The standard InChI is InChI=1S/C20H19ClF3N5O/c21-15-10-25-28(12-15)11-13-2-1-3-16(8-13)26-19(30)6-7-29-17(14-4-5-14)9-18(27-29)20(22,23)24/h1-3,8-10,12,14H,4-7,11H2,(H,26,30). The molecule has 0 spiro atoms. The fraction of sp³-hybridized carbons (Fsp3) is 0.350. The number of nitrogens with zero attached hydrogens (tertiary/aromatic N) is 4. The minimum atomic E-state index is -4.49. The second-order valence-electron chi connectivity index (χ2n) is 7.30. The van der Waals surface area contributed by atoms with Crippen molar-refractivity contribution in [1.29, 1.82) is 0 Å². The number of aromatic nitrogens is 4. The lowest BCUT2D eigenvalue weighted by Gasteiger charge is -2.09. The third-order valence-electron chi connectivity index (χ3n) is 4.80. The van der Waals surface area contributed by atoms with Crippen LogP contribution in [0.4, 0.5) is 18.9 Å². The number of rotatable bonds is 7. The molecule has 1 N–H and O–H groups in total. The highest BCUT2D eigenvalue weighted by Gasteiger charge is 2.37. The zero-order valence-electron chi connectivity index (χ0n) is 15.9. The minimum Gasteiger partial charge on any atom is -0.326 e. The van der Waals surface area contributed by atoms with Crippen molar-refractivity contribution in [3.63, 3.8) is 0 Å². The molecule has 1 aliphatic rings. The highest BCUT2D eigenvalue weighted by atomic mass is 35.5. The van der Waals surface area contributed by atoms with Gasteiger partial charge in [-0.1, -0.05) is 23.7 Å². The van der Waals surface area contributed by atoms with Crippen molar-refractivity contribution in [1.82, 2.24) is 19.6 Å². The van der Waals surface area contributed by atoms with Crippen LogP contribution in [-0.2, 0) is 24.1 Å². The molecule has 0 saturated heterocycles. The molecular weight excluding hydrogens is 419 g/mol. The quantitative estimate of drug-likeness (QED) is 0.582. The van der Waals surface area contributed by atoms with Gasteiger partial charge in [0.1, 0.15) is 0 Å².